The SMILES string of the molecule is Cc1cc(C)c(CN2[C@H](c3ccccc3)[C@@H](c3ccccc3)N(Cc3c(C)cc(C)cc3C)P2C)c(C)c1. The molecule has 1 saturated heterocycles. The van der Waals surface area contributed by atoms with Crippen LogP contribution in [0.5, 0.6) is 0 Å². The molecular formula is C35H41N2P. The third-order valence-electron chi connectivity index (χ3n) is 8.29. The van der Waals surface area contributed by atoms with Gasteiger partial charge in [-0.2, -0.15) is 0 Å². The van der Waals surface area contributed by atoms with Crippen molar-refractivity contribution in [3.63, 3.8) is 0 Å². The molecule has 0 unspecified atom stereocenters. The van der Waals surface area contributed by atoms with Crippen LogP contribution in [0, 0.1) is 41.5 Å². The summed E-state index contributed by atoms with van der Waals surface area (Å²) in [6.45, 7) is 18.0. The molecule has 2 nitrogen and oxygen atoms in total. The van der Waals surface area contributed by atoms with Gasteiger partial charge in [0.25, 0.3) is 0 Å². The quantitative estimate of drug-likeness (QED) is 0.234. The van der Waals surface area contributed by atoms with Crippen molar-refractivity contribution in [1.29, 1.82) is 0 Å². The van der Waals surface area contributed by atoms with Crippen LogP contribution in [0.1, 0.15) is 67.7 Å². The molecule has 0 aromatic heterocycles. The second-order valence-electron chi connectivity index (χ2n) is 11.2. The lowest BCUT2D eigenvalue weighted by molar-refractivity contribution is 0.262. The van der Waals surface area contributed by atoms with Crippen LogP contribution in [0.4, 0.5) is 0 Å². The van der Waals surface area contributed by atoms with Crippen LogP contribution in [0.3, 0.4) is 0 Å². The van der Waals surface area contributed by atoms with Gasteiger partial charge in [0.15, 0.2) is 0 Å². The molecule has 0 spiro atoms. The van der Waals surface area contributed by atoms with Crippen LogP contribution >= 0.6 is 8.22 Å². The van der Waals surface area contributed by atoms with Crippen molar-refractivity contribution in [3.8, 4) is 0 Å². The molecule has 0 bridgehead atoms. The monoisotopic (exact) mass is 520 g/mol. The minimum absolute atomic E-state index is 0.279. The number of hydrogen-bond acceptors (Lipinski definition) is 2. The number of nitrogens with zero attached hydrogens (tertiary/aromatic N) is 2. The predicted octanol–water partition coefficient (Wildman–Crippen LogP) is 9.28. The number of benzene rings is 4. The smallest absolute Gasteiger partial charge is 0.0600 e. The van der Waals surface area contributed by atoms with Gasteiger partial charge in [0.2, 0.25) is 0 Å². The van der Waals surface area contributed by atoms with Crippen LogP contribution in [0.15, 0.2) is 84.9 Å². The summed E-state index contributed by atoms with van der Waals surface area (Å²) in [6, 6.07) is 32.3. The lowest BCUT2D eigenvalue weighted by atomic mass is 9.91. The van der Waals surface area contributed by atoms with Crippen molar-refractivity contribution >= 4 is 8.22 Å². The van der Waals surface area contributed by atoms with Gasteiger partial charge in [0.05, 0.1) is 12.1 Å². The van der Waals surface area contributed by atoms with Gasteiger partial charge in [-0.1, -0.05) is 96.1 Å². The first-order chi connectivity index (χ1) is 18.2. The van der Waals surface area contributed by atoms with Crippen LogP contribution in [0.2, 0.25) is 0 Å². The average Bonchev–Trinajstić information content (AvgIpc) is 3.15. The summed E-state index contributed by atoms with van der Waals surface area (Å²) in [5.74, 6) is 0. The van der Waals surface area contributed by atoms with Crippen LogP contribution < -0.4 is 0 Å². The molecule has 1 fully saturated rings. The van der Waals surface area contributed by atoms with Crippen LogP contribution in [0.25, 0.3) is 0 Å². The molecule has 5 rings (SSSR count). The van der Waals surface area contributed by atoms with Gasteiger partial charge >= 0.3 is 0 Å². The summed E-state index contributed by atoms with van der Waals surface area (Å²) in [7, 11) is -0.563. The molecule has 1 aliphatic heterocycles. The van der Waals surface area contributed by atoms with Crippen molar-refractivity contribution in [2.24, 2.45) is 0 Å². The van der Waals surface area contributed by atoms with E-state index in [1.165, 1.54) is 55.6 Å². The van der Waals surface area contributed by atoms with Gasteiger partial charge in [-0.25, -0.2) is 0 Å². The van der Waals surface area contributed by atoms with Gasteiger partial charge in [-0.05, 0) is 92.7 Å². The fourth-order valence-electron chi connectivity index (χ4n) is 6.49. The molecular weight excluding hydrogens is 479 g/mol. The molecule has 4 aromatic rings. The molecule has 2 atom stereocenters. The Morgan fingerprint density at radius 2 is 0.842 bits per heavy atom. The largest absolute Gasteiger partial charge is 0.256 e. The highest BCUT2D eigenvalue weighted by atomic mass is 31.1. The number of rotatable bonds is 6. The van der Waals surface area contributed by atoms with Gasteiger partial charge in [0.1, 0.15) is 0 Å². The standard InChI is InChI=1S/C35H41N2P/c1-24-18-26(3)32(27(4)19-24)22-36-34(30-14-10-8-11-15-30)35(31-16-12-9-13-17-31)37(38(36)7)23-33-28(5)20-25(2)21-29(33)6/h8-21,34-35H,22-23H2,1-7H3/t34-,35-/m1/s1. The third-order valence-corrected chi connectivity index (χ3v) is 10.6. The van der Waals surface area contributed by atoms with E-state index < -0.39 is 8.22 Å². The summed E-state index contributed by atoms with van der Waals surface area (Å²) in [5, 5.41) is 0. The Hall–Kier alpha value is -2.77. The molecule has 38 heavy (non-hydrogen) atoms. The molecule has 0 aliphatic carbocycles. The zero-order valence-electron chi connectivity index (χ0n) is 24.0. The minimum atomic E-state index is -0.563. The minimum Gasteiger partial charge on any atom is -0.256 e. The van der Waals surface area contributed by atoms with Crippen molar-refractivity contribution in [2.45, 2.75) is 66.7 Å². The van der Waals surface area contributed by atoms with E-state index in [4.69, 9.17) is 0 Å². The second-order valence-corrected chi connectivity index (χ2v) is 13.2. The molecule has 196 valence electrons. The van der Waals surface area contributed by atoms with Gasteiger partial charge < -0.3 is 0 Å². The molecule has 3 heteroatoms. The van der Waals surface area contributed by atoms with E-state index in [2.05, 4.69) is 142 Å². The lowest BCUT2D eigenvalue weighted by Gasteiger charge is -2.31. The number of aryl methyl sites for hydroxylation is 6. The molecule has 0 saturated carbocycles. The van der Waals surface area contributed by atoms with Crippen LogP contribution in [-0.4, -0.2) is 16.0 Å². The maximum atomic E-state index is 2.81. The number of hydrogen-bond donors (Lipinski definition) is 0. The van der Waals surface area contributed by atoms with E-state index in [9.17, 15) is 0 Å². The van der Waals surface area contributed by atoms with Gasteiger partial charge in [-0.3, -0.25) is 9.34 Å². The zero-order chi connectivity index (χ0) is 27.0. The van der Waals surface area contributed by atoms with E-state index in [-0.39, 0.29) is 12.1 Å². The highest BCUT2D eigenvalue weighted by Gasteiger charge is 2.47. The topological polar surface area (TPSA) is 6.48 Å². The first-order valence-corrected chi connectivity index (χ1v) is 15.4. The lowest BCUT2D eigenvalue weighted by Crippen LogP contribution is -2.24. The summed E-state index contributed by atoms with van der Waals surface area (Å²) in [4.78, 5) is 0. The highest BCUT2D eigenvalue weighted by molar-refractivity contribution is 7.52. The maximum absolute atomic E-state index is 2.81. The maximum Gasteiger partial charge on any atom is 0.0600 e. The average molecular weight is 521 g/mol. The Balaban J connectivity index is 1.66. The summed E-state index contributed by atoms with van der Waals surface area (Å²) in [5.41, 5.74) is 14.0. The van der Waals surface area contributed by atoms with E-state index in [0.29, 0.717) is 0 Å². The van der Waals surface area contributed by atoms with Crippen molar-refractivity contribution in [2.75, 3.05) is 6.66 Å². The van der Waals surface area contributed by atoms with Gasteiger partial charge in [-0.15, -0.1) is 0 Å². The molecule has 0 N–H and O–H groups in total. The summed E-state index contributed by atoms with van der Waals surface area (Å²) in [6.07, 6.45) is 0. The van der Waals surface area contributed by atoms with Gasteiger partial charge in [0, 0.05) is 21.3 Å². The second kappa shape index (κ2) is 11.1. The highest BCUT2D eigenvalue weighted by Crippen LogP contribution is 2.63. The third kappa shape index (κ3) is 5.23. The Kier molecular flexibility index (Phi) is 7.87. The summed E-state index contributed by atoms with van der Waals surface area (Å²) >= 11 is 0. The fraction of sp³-hybridized carbons (Fsp3) is 0.314. The van der Waals surface area contributed by atoms with E-state index >= 15 is 0 Å². The van der Waals surface area contributed by atoms with E-state index in [1.807, 2.05) is 0 Å². The Morgan fingerprint density at radius 3 is 1.16 bits per heavy atom. The zero-order valence-corrected chi connectivity index (χ0v) is 24.9. The van der Waals surface area contributed by atoms with Crippen molar-refractivity contribution in [1.82, 2.24) is 9.34 Å². The van der Waals surface area contributed by atoms with E-state index in [0.717, 1.165) is 13.1 Å². The Labute approximate surface area is 231 Å². The fourth-order valence-corrected chi connectivity index (χ4v) is 8.71. The molecule has 0 amide bonds. The van der Waals surface area contributed by atoms with E-state index in [1.54, 1.807) is 0 Å². The Morgan fingerprint density at radius 1 is 0.526 bits per heavy atom. The normalized spacial score (nSPS) is 18.8. The van der Waals surface area contributed by atoms with Crippen LogP contribution in [-0.2, 0) is 13.1 Å². The first-order valence-electron chi connectivity index (χ1n) is 13.7. The molecule has 1 aliphatic rings. The Bertz CT molecular complexity index is 1260. The predicted molar refractivity (Wildman–Crippen MR) is 164 cm³/mol. The van der Waals surface area contributed by atoms with Crippen molar-refractivity contribution < 1.29 is 0 Å². The summed E-state index contributed by atoms with van der Waals surface area (Å²) < 4.78 is 5.62. The first kappa shape index (κ1) is 26.8. The molecule has 4 aromatic carbocycles. The molecule has 1 heterocycles. The molecule has 0 radical (unpaired) electrons. The van der Waals surface area contributed by atoms with Crippen molar-refractivity contribution in [3.05, 3.63) is 141 Å².